The molecule has 1 heterocycles. The number of benzene rings is 1. The van der Waals surface area contributed by atoms with Crippen molar-refractivity contribution in [2.75, 3.05) is 18.1 Å². The van der Waals surface area contributed by atoms with Crippen LogP contribution in [0.1, 0.15) is 24.5 Å². The maximum absolute atomic E-state index is 11.6. The Labute approximate surface area is 125 Å². The summed E-state index contributed by atoms with van der Waals surface area (Å²) in [6.45, 7) is 3.53. The Morgan fingerprint density at radius 1 is 1.29 bits per heavy atom. The fourth-order valence-corrected chi connectivity index (χ4v) is 4.50. The van der Waals surface area contributed by atoms with E-state index >= 15 is 0 Å². The van der Waals surface area contributed by atoms with Gasteiger partial charge in [0.2, 0.25) is 0 Å². The summed E-state index contributed by atoms with van der Waals surface area (Å²) in [5, 5.41) is 8.75. The minimum absolute atomic E-state index is 0.0264. The fraction of sp³-hybridized carbons (Fsp3) is 0.533. The van der Waals surface area contributed by atoms with Gasteiger partial charge in [0.05, 0.1) is 17.9 Å². The highest BCUT2D eigenvalue weighted by Gasteiger charge is 2.31. The molecule has 2 rings (SSSR count). The van der Waals surface area contributed by atoms with E-state index in [4.69, 9.17) is 5.11 Å². The van der Waals surface area contributed by atoms with Crippen molar-refractivity contribution in [1.82, 2.24) is 4.90 Å². The molecule has 0 aliphatic carbocycles. The molecule has 0 spiro atoms. The highest BCUT2D eigenvalue weighted by molar-refractivity contribution is 7.91. The molecule has 1 fully saturated rings. The van der Waals surface area contributed by atoms with Crippen molar-refractivity contribution in [3.8, 4) is 0 Å². The minimum atomic E-state index is -2.87. The monoisotopic (exact) mass is 311 g/mol. The molecule has 1 unspecified atom stereocenters. The zero-order valence-corrected chi connectivity index (χ0v) is 13.0. The molecule has 1 atom stereocenters. The smallest absolute Gasteiger partial charge is 0.307 e. The number of carboxylic acids is 1. The molecule has 6 heteroatoms. The minimum Gasteiger partial charge on any atom is -0.481 e. The summed E-state index contributed by atoms with van der Waals surface area (Å²) in [4.78, 5) is 12.8. The third-order valence-corrected chi connectivity index (χ3v) is 5.65. The van der Waals surface area contributed by atoms with Crippen LogP contribution in [0.25, 0.3) is 0 Å². The van der Waals surface area contributed by atoms with E-state index in [2.05, 4.69) is 4.90 Å². The third kappa shape index (κ3) is 4.54. The largest absolute Gasteiger partial charge is 0.481 e. The first-order valence-electron chi connectivity index (χ1n) is 7.13. The van der Waals surface area contributed by atoms with Crippen LogP contribution in [0.2, 0.25) is 0 Å². The Bertz CT molecular complexity index is 595. The predicted octanol–water partition coefficient (Wildman–Crippen LogP) is 1.32. The van der Waals surface area contributed by atoms with Crippen LogP contribution in [0.5, 0.6) is 0 Å². The molecule has 1 saturated heterocycles. The number of aliphatic carboxylic acids is 1. The van der Waals surface area contributed by atoms with E-state index in [1.54, 1.807) is 0 Å². The lowest BCUT2D eigenvalue weighted by molar-refractivity contribution is -0.136. The topological polar surface area (TPSA) is 74.7 Å². The van der Waals surface area contributed by atoms with Crippen LogP contribution in [-0.2, 0) is 27.6 Å². The van der Waals surface area contributed by atoms with Crippen molar-refractivity contribution in [3.63, 3.8) is 0 Å². The standard InChI is InChI=1S/C15H21NO4S/c1-2-16(14-7-8-21(19,20)11-14)10-13-5-3-12(4-6-13)9-15(17)18/h3-6,14H,2,7-11H2,1H3,(H,17,18). The van der Waals surface area contributed by atoms with E-state index in [9.17, 15) is 13.2 Å². The predicted molar refractivity (Wildman–Crippen MR) is 80.9 cm³/mol. The van der Waals surface area contributed by atoms with E-state index in [0.717, 1.165) is 17.7 Å². The van der Waals surface area contributed by atoms with Crippen LogP contribution in [0.15, 0.2) is 24.3 Å². The number of hydrogen-bond donors (Lipinski definition) is 1. The number of nitrogens with zero attached hydrogens (tertiary/aromatic N) is 1. The zero-order valence-electron chi connectivity index (χ0n) is 12.2. The zero-order chi connectivity index (χ0) is 15.5. The number of sulfone groups is 1. The molecule has 0 aromatic heterocycles. The van der Waals surface area contributed by atoms with Gasteiger partial charge in [0.15, 0.2) is 9.84 Å². The Hall–Kier alpha value is -1.40. The average molecular weight is 311 g/mol. The first-order chi connectivity index (χ1) is 9.89. The molecule has 21 heavy (non-hydrogen) atoms. The van der Waals surface area contributed by atoms with Gasteiger partial charge in [-0.15, -0.1) is 0 Å². The lowest BCUT2D eigenvalue weighted by atomic mass is 10.1. The van der Waals surface area contributed by atoms with Crippen molar-refractivity contribution in [2.24, 2.45) is 0 Å². The molecular formula is C15H21NO4S. The van der Waals surface area contributed by atoms with Gasteiger partial charge in [-0.2, -0.15) is 0 Å². The maximum atomic E-state index is 11.6. The third-order valence-electron chi connectivity index (χ3n) is 3.89. The molecule has 1 aromatic rings. The van der Waals surface area contributed by atoms with Gasteiger partial charge in [0.25, 0.3) is 0 Å². The van der Waals surface area contributed by atoms with Gasteiger partial charge in [-0.1, -0.05) is 31.2 Å². The molecule has 116 valence electrons. The van der Waals surface area contributed by atoms with Gasteiger partial charge < -0.3 is 5.11 Å². The molecule has 1 N–H and O–H groups in total. The molecular weight excluding hydrogens is 290 g/mol. The van der Waals surface area contributed by atoms with Gasteiger partial charge >= 0.3 is 5.97 Å². The second kappa shape index (κ2) is 6.58. The van der Waals surface area contributed by atoms with E-state index in [0.29, 0.717) is 13.0 Å². The SMILES string of the molecule is CCN(Cc1ccc(CC(=O)O)cc1)C1CCS(=O)(=O)C1. The number of hydrogen-bond acceptors (Lipinski definition) is 4. The summed E-state index contributed by atoms with van der Waals surface area (Å²) in [5.74, 6) is -0.307. The summed E-state index contributed by atoms with van der Waals surface area (Å²) >= 11 is 0. The lowest BCUT2D eigenvalue weighted by Crippen LogP contribution is -2.35. The second-order valence-electron chi connectivity index (χ2n) is 5.51. The maximum Gasteiger partial charge on any atom is 0.307 e. The van der Waals surface area contributed by atoms with E-state index in [1.165, 1.54) is 0 Å². The summed E-state index contributed by atoms with van der Waals surface area (Å²) < 4.78 is 23.2. The summed E-state index contributed by atoms with van der Waals surface area (Å²) in [6, 6.07) is 7.58. The van der Waals surface area contributed by atoms with Crippen LogP contribution < -0.4 is 0 Å². The van der Waals surface area contributed by atoms with Crippen molar-refractivity contribution < 1.29 is 18.3 Å². The van der Waals surface area contributed by atoms with Gasteiger partial charge in [0.1, 0.15) is 0 Å². The van der Waals surface area contributed by atoms with Crippen LogP contribution in [0.3, 0.4) is 0 Å². The fourth-order valence-electron chi connectivity index (χ4n) is 2.73. The number of rotatable bonds is 6. The van der Waals surface area contributed by atoms with Crippen LogP contribution in [-0.4, -0.2) is 48.5 Å². The first kappa shape index (κ1) is 16.0. The lowest BCUT2D eigenvalue weighted by Gasteiger charge is -2.26. The second-order valence-corrected chi connectivity index (χ2v) is 7.74. The molecule has 1 aliphatic rings. The van der Waals surface area contributed by atoms with Gasteiger partial charge in [-0.25, -0.2) is 8.42 Å². The first-order valence-corrected chi connectivity index (χ1v) is 8.96. The molecule has 0 saturated carbocycles. The van der Waals surface area contributed by atoms with Crippen molar-refractivity contribution >= 4 is 15.8 Å². The van der Waals surface area contributed by atoms with E-state index < -0.39 is 15.8 Å². The van der Waals surface area contributed by atoms with Crippen LogP contribution in [0, 0.1) is 0 Å². The molecule has 1 aliphatic heterocycles. The molecule has 0 radical (unpaired) electrons. The molecule has 0 amide bonds. The normalized spacial score (nSPS) is 20.8. The van der Waals surface area contributed by atoms with E-state index in [-0.39, 0.29) is 24.0 Å². The van der Waals surface area contributed by atoms with Crippen LogP contribution in [0.4, 0.5) is 0 Å². The summed E-state index contributed by atoms with van der Waals surface area (Å²) in [7, 11) is -2.87. The van der Waals surface area contributed by atoms with Gasteiger partial charge in [-0.05, 0) is 24.1 Å². The van der Waals surface area contributed by atoms with Gasteiger partial charge in [-0.3, -0.25) is 9.69 Å². The van der Waals surface area contributed by atoms with Crippen molar-refractivity contribution in [2.45, 2.75) is 32.4 Å². The highest BCUT2D eigenvalue weighted by Crippen LogP contribution is 2.20. The van der Waals surface area contributed by atoms with Crippen molar-refractivity contribution in [3.05, 3.63) is 35.4 Å². The van der Waals surface area contributed by atoms with Crippen LogP contribution >= 0.6 is 0 Å². The number of carboxylic acid groups (broad SMARTS) is 1. The highest BCUT2D eigenvalue weighted by atomic mass is 32.2. The Morgan fingerprint density at radius 3 is 2.38 bits per heavy atom. The average Bonchev–Trinajstić information content (AvgIpc) is 2.77. The Balaban J connectivity index is 2.00. The quantitative estimate of drug-likeness (QED) is 0.857. The van der Waals surface area contributed by atoms with Gasteiger partial charge in [0, 0.05) is 12.6 Å². The molecule has 1 aromatic carbocycles. The summed E-state index contributed by atoms with van der Waals surface area (Å²) in [5.41, 5.74) is 1.85. The van der Waals surface area contributed by atoms with E-state index in [1.807, 2.05) is 31.2 Å². The Morgan fingerprint density at radius 2 is 1.90 bits per heavy atom. The molecule has 0 bridgehead atoms. The van der Waals surface area contributed by atoms with Crippen molar-refractivity contribution in [1.29, 1.82) is 0 Å². The summed E-state index contributed by atoms with van der Waals surface area (Å²) in [6.07, 6.45) is 0.728. The Kier molecular flexibility index (Phi) is 5.00. The molecule has 5 nitrogen and oxygen atoms in total. The number of carbonyl (C=O) groups is 1.